The van der Waals surface area contributed by atoms with Gasteiger partial charge in [0.25, 0.3) is 5.56 Å². The van der Waals surface area contributed by atoms with E-state index in [1.165, 1.54) is 6.21 Å². The Bertz CT molecular complexity index is 1000. The fourth-order valence-electron chi connectivity index (χ4n) is 3.31. The highest BCUT2D eigenvalue weighted by Gasteiger charge is 2.17. The first-order valence-electron chi connectivity index (χ1n) is 9.59. The summed E-state index contributed by atoms with van der Waals surface area (Å²) in [5, 5.41) is 16.5. The zero-order valence-electron chi connectivity index (χ0n) is 16.3. The van der Waals surface area contributed by atoms with Gasteiger partial charge in [0.1, 0.15) is 5.52 Å². The first kappa shape index (κ1) is 19.3. The van der Waals surface area contributed by atoms with E-state index in [1.807, 2.05) is 19.1 Å². The number of ether oxygens (including phenoxy) is 1. The molecule has 3 rings (SSSR count). The molecule has 6 heteroatoms. The van der Waals surface area contributed by atoms with Gasteiger partial charge in [0.15, 0.2) is 0 Å². The Hall–Kier alpha value is -2.47. The van der Waals surface area contributed by atoms with Gasteiger partial charge in [-0.1, -0.05) is 25.5 Å². The van der Waals surface area contributed by atoms with E-state index in [9.17, 15) is 4.79 Å². The Balaban J connectivity index is 2.00. The fourth-order valence-corrected chi connectivity index (χ4v) is 3.31. The molecule has 144 valence electrons. The standard InChI is InChI=1S/C21H28N4O2/c1-14(2)7-11-27-12-8-17-19-20(24-23-17)16-13-15(3)5-6-18(16)25(21(19)26)10-4-9-22/h5-6,9,13-14,22H,4,7-8,10-12H2,1-3H3,(H,23,24). The third-order valence-corrected chi connectivity index (χ3v) is 4.83. The average molecular weight is 368 g/mol. The summed E-state index contributed by atoms with van der Waals surface area (Å²) in [5.41, 5.74) is 3.50. The molecule has 2 aromatic heterocycles. The second-order valence-corrected chi connectivity index (χ2v) is 7.44. The summed E-state index contributed by atoms with van der Waals surface area (Å²) in [4.78, 5) is 13.2. The molecule has 0 radical (unpaired) electrons. The lowest BCUT2D eigenvalue weighted by atomic mass is 10.1. The van der Waals surface area contributed by atoms with Crippen molar-refractivity contribution in [2.45, 2.75) is 46.6 Å². The van der Waals surface area contributed by atoms with Crippen LogP contribution in [0, 0.1) is 18.3 Å². The maximum absolute atomic E-state index is 13.2. The van der Waals surface area contributed by atoms with Gasteiger partial charge in [0.05, 0.1) is 23.2 Å². The molecule has 0 atom stereocenters. The summed E-state index contributed by atoms with van der Waals surface area (Å²) in [6.45, 7) is 8.18. The van der Waals surface area contributed by atoms with Crippen LogP contribution in [0.25, 0.3) is 21.8 Å². The number of H-pyrrole nitrogens is 1. The van der Waals surface area contributed by atoms with E-state index in [1.54, 1.807) is 4.57 Å². The molecule has 0 aliphatic heterocycles. The summed E-state index contributed by atoms with van der Waals surface area (Å²) >= 11 is 0. The molecular formula is C21H28N4O2. The Morgan fingerprint density at radius 1 is 1.33 bits per heavy atom. The highest BCUT2D eigenvalue weighted by Crippen LogP contribution is 2.24. The number of pyridine rings is 1. The predicted molar refractivity (Wildman–Crippen MR) is 110 cm³/mol. The zero-order valence-corrected chi connectivity index (χ0v) is 16.3. The van der Waals surface area contributed by atoms with Crippen LogP contribution < -0.4 is 5.56 Å². The minimum absolute atomic E-state index is 0.0471. The first-order chi connectivity index (χ1) is 13.0. The molecule has 0 aliphatic carbocycles. The summed E-state index contributed by atoms with van der Waals surface area (Å²) in [7, 11) is 0. The van der Waals surface area contributed by atoms with Crippen molar-refractivity contribution in [3.63, 3.8) is 0 Å². The second-order valence-electron chi connectivity index (χ2n) is 7.44. The number of aryl methyl sites for hydroxylation is 2. The van der Waals surface area contributed by atoms with Gasteiger partial charge in [-0.15, -0.1) is 0 Å². The summed E-state index contributed by atoms with van der Waals surface area (Å²) in [6.07, 6.45) is 3.53. The maximum Gasteiger partial charge on any atom is 0.262 e. The molecular weight excluding hydrogens is 340 g/mol. The van der Waals surface area contributed by atoms with E-state index < -0.39 is 0 Å². The highest BCUT2D eigenvalue weighted by molar-refractivity contribution is 6.04. The number of aromatic amines is 1. The van der Waals surface area contributed by atoms with Crippen LogP contribution in [-0.2, 0) is 17.7 Å². The summed E-state index contributed by atoms with van der Waals surface area (Å²) < 4.78 is 7.49. The maximum atomic E-state index is 13.2. The van der Waals surface area contributed by atoms with Crippen molar-refractivity contribution in [2.24, 2.45) is 5.92 Å². The molecule has 0 fully saturated rings. The van der Waals surface area contributed by atoms with E-state index in [0.717, 1.165) is 40.7 Å². The van der Waals surface area contributed by atoms with Crippen molar-refractivity contribution >= 4 is 28.0 Å². The Morgan fingerprint density at radius 2 is 2.15 bits per heavy atom. The van der Waals surface area contributed by atoms with Crippen LogP contribution in [-0.4, -0.2) is 34.2 Å². The summed E-state index contributed by atoms with van der Waals surface area (Å²) in [6, 6.07) is 6.05. The van der Waals surface area contributed by atoms with Crippen LogP contribution in [0.4, 0.5) is 0 Å². The number of nitrogens with zero attached hydrogens (tertiary/aromatic N) is 2. The molecule has 0 saturated carbocycles. The number of hydrogen-bond acceptors (Lipinski definition) is 4. The number of fused-ring (bicyclic) bond motifs is 3. The van der Waals surface area contributed by atoms with E-state index in [4.69, 9.17) is 10.1 Å². The van der Waals surface area contributed by atoms with Gasteiger partial charge in [0, 0.05) is 31.4 Å². The quantitative estimate of drug-likeness (QED) is 0.445. The van der Waals surface area contributed by atoms with Gasteiger partial charge in [-0.25, -0.2) is 0 Å². The van der Waals surface area contributed by atoms with E-state index in [0.29, 0.717) is 37.3 Å². The number of benzene rings is 1. The molecule has 3 aromatic rings. The lowest BCUT2D eigenvalue weighted by molar-refractivity contribution is 0.126. The Labute approximate surface area is 159 Å². The van der Waals surface area contributed by atoms with Gasteiger partial charge >= 0.3 is 0 Å². The van der Waals surface area contributed by atoms with Crippen molar-refractivity contribution in [1.82, 2.24) is 14.8 Å². The summed E-state index contributed by atoms with van der Waals surface area (Å²) in [5.74, 6) is 0.619. The molecule has 6 nitrogen and oxygen atoms in total. The SMILES string of the molecule is Cc1ccc2c(c1)c1n[nH]c(CCOCCC(C)C)c1c(=O)n2CCC=N. The van der Waals surface area contributed by atoms with Gasteiger partial charge < -0.3 is 14.7 Å². The molecule has 27 heavy (non-hydrogen) atoms. The number of aromatic nitrogens is 3. The number of hydrogen-bond donors (Lipinski definition) is 2. The normalized spacial score (nSPS) is 11.7. The topological polar surface area (TPSA) is 83.8 Å². The molecule has 0 spiro atoms. The molecule has 2 heterocycles. The molecule has 0 unspecified atom stereocenters. The lowest BCUT2D eigenvalue weighted by Gasteiger charge is -2.11. The largest absolute Gasteiger partial charge is 0.381 e. The van der Waals surface area contributed by atoms with Crippen molar-refractivity contribution in [3.8, 4) is 0 Å². The second kappa shape index (κ2) is 8.48. The fraction of sp³-hybridized carbons (Fsp3) is 0.476. The van der Waals surface area contributed by atoms with Crippen LogP contribution >= 0.6 is 0 Å². The highest BCUT2D eigenvalue weighted by atomic mass is 16.5. The molecule has 0 aliphatic rings. The smallest absolute Gasteiger partial charge is 0.262 e. The van der Waals surface area contributed by atoms with E-state index in [-0.39, 0.29) is 5.56 Å². The monoisotopic (exact) mass is 368 g/mol. The number of nitrogens with one attached hydrogen (secondary N) is 2. The minimum atomic E-state index is -0.0471. The third-order valence-electron chi connectivity index (χ3n) is 4.83. The molecule has 0 saturated heterocycles. The van der Waals surface area contributed by atoms with Crippen molar-refractivity contribution in [1.29, 1.82) is 5.41 Å². The zero-order chi connectivity index (χ0) is 19.4. The van der Waals surface area contributed by atoms with Crippen LogP contribution in [0.3, 0.4) is 0 Å². The van der Waals surface area contributed by atoms with E-state index >= 15 is 0 Å². The Morgan fingerprint density at radius 3 is 2.89 bits per heavy atom. The van der Waals surface area contributed by atoms with Gasteiger partial charge in [-0.05, 0) is 37.6 Å². The lowest BCUT2D eigenvalue weighted by Crippen LogP contribution is -2.22. The van der Waals surface area contributed by atoms with Crippen LogP contribution in [0.1, 0.15) is 37.9 Å². The predicted octanol–water partition coefficient (Wildman–Crippen LogP) is 3.83. The minimum Gasteiger partial charge on any atom is -0.381 e. The van der Waals surface area contributed by atoms with Crippen LogP contribution in [0.5, 0.6) is 0 Å². The molecule has 2 N–H and O–H groups in total. The van der Waals surface area contributed by atoms with Gasteiger partial charge in [-0.2, -0.15) is 5.10 Å². The average Bonchev–Trinajstić information content (AvgIpc) is 3.06. The van der Waals surface area contributed by atoms with Crippen LogP contribution in [0.15, 0.2) is 23.0 Å². The van der Waals surface area contributed by atoms with Crippen molar-refractivity contribution < 1.29 is 4.74 Å². The van der Waals surface area contributed by atoms with Crippen molar-refractivity contribution in [2.75, 3.05) is 13.2 Å². The van der Waals surface area contributed by atoms with Gasteiger partial charge in [0.2, 0.25) is 0 Å². The molecule has 1 aromatic carbocycles. The Kier molecular flexibility index (Phi) is 6.06. The molecule has 0 amide bonds. The van der Waals surface area contributed by atoms with E-state index in [2.05, 4.69) is 30.1 Å². The first-order valence-corrected chi connectivity index (χ1v) is 9.59. The van der Waals surface area contributed by atoms with Gasteiger partial charge in [-0.3, -0.25) is 9.89 Å². The van der Waals surface area contributed by atoms with Crippen LogP contribution in [0.2, 0.25) is 0 Å². The third kappa shape index (κ3) is 4.11. The number of rotatable bonds is 9. The molecule has 0 bridgehead atoms. The van der Waals surface area contributed by atoms with Crippen molar-refractivity contribution in [3.05, 3.63) is 39.8 Å².